The van der Waals surface area contributed by atoms with Gasteiger partial charge in [0.2, 0.25) is 0 Å². The smallest absolute Gasteiger partial charge is 0.141 e. The summed E-state index contributed by atoms with van der Waals surface area (Å²) in [6.07, 6.45) is 4.24. The fourth-order valence-electron chi connectivity index (χ4n) is 2.92. The zero-order valence-corrected chi connectivity index (χ0v) is 13.1. The molecule has 0 radical (unpaired) electrons. The zero-order valence-electron chi connectivity index (χ0n) is 12.3. The number of hydrogen-bond acceptors (Lipinski definition) is 2. The van der Waals surface area contributed by atoms with Crippen molar-refractivity contribution in [2.75, 3.05) is 0 Å². The summed E-state index contributed by atoms with van der Waals surface area (Å²) in [5.41, 5.74) is 3.64. The minimum Gasteiger partial charge on any atom is -0.455 e. The number of hydrogen-bond donors (Lipinski definition) is 0. The molecule has 0 fully saturated rings. The molecule has 0 amide bonds. The van der Waals surface area contributed by atoms with Crippen LogP contribution in [0.1, 0.15) is 0 Å². The normalized spacial score (nSPS) is 12.5. The molecule has 2 aromatic carbocycles. The maximum Gasteiger partial charge on any atom is 0.141 e. The van der Waals surface area contributed by atoms with Crippen molar-refractivity contribution in [3.63, 3.8) is 0 Å². The standard InChI is InChI=1S/C20H13NOS/c1-2-7-19-17(6-1)22-18-9-8-14(12-20(18)23-19)15-11-16-5-3-4-10-21(16)13-15/h1-13H. The summed E-state index contributed by atoms with van der Waals surface area (Å²) in [7, 11) is 0. The first kappa shape index (κ1) is 12.9. The highest BCUT2D eigenvalue weighted by atomic mass is 32.2. The maximum atomic E-state index is 6.00. The van der Waals surface area contributed by atoms with Gasteiger partial charge >= 0.3 is 0 Å². The van der Waals surface area contributed by atoms with Crippen LogP contribution in [0, 0.1) is 0 Å². The third kappa shape index (κ3) is 2.13. The Morgan fingerprint density at radius 2 is 1.61 bits per heavy atom. The molecule has 0 saturated heterocycles. The molecule has 4 aromatic rings. The van der Waals surface area contributed by atoms with Crippen molar-refractivity contribution in [1.29, 1.82) is 0 Å². The van der Waals surface area contributed by atoms with Gasteiger partial charge in [0, 0.05) is 23.5 Å². The van der Waals surface area contributed by atoms with Gasteiger partial charge in [-0.2, -0.15) is 0 Å². The van der Waals surface area contributed by atoms with E-state index in [1.54, 1.807) is 11.8 Å². The summed E-state index contributed by atoms with van der Waals surface area (Å²) in [6.45, 7) is 0. The van der Waals surface area contributed by atoms with E-state index in [-0.39, 0.29) is 0 Å². The number of pyridine rings is 1. The van der Waals surface area contributed by atoms with E-state index in [0.717, 1.165) is 16.4 Å². The van der Waals surface area contributed by atoms with Crippen molar-refractivity contribution in [2.24, 2.45) is 0 Å². The van der Waals surface area contributed by atoms with Gasteiger partial charge in [-0.25, -0.2) is 0 Å². The second-order valence-electron chi connectivity index (χ2n) is 5.57. The molecule has 0 bridgehead atoms. The van der Waals surface area contributed by atoms with Crippen LogP contribution >= 0.6 is 11.8 Å². The van der Waals surface area contributed by atoms with Gasteiger partial charge in [0.25, 0.3) is 0 Å². The lowest BCUT2D eigenvalue weighted by molar-refractivity contribution is 0.454. The first-order valence-corrected chi connectivity index (χ1v) is 8.34. The molecule has 1 aliphatic rings. The number of aromatic nitrogens is 1. The quantitative estimate of drug-likeness (QED) is 0.384. The van der Waals surface area contributed by atoms with Gasteiger partial charge in [0.05, 0.1) is 9.79 Å². The van der Waals surface area contributed by atoms with Crippen LogP contribution in [0.4, 0.5) is 0 Å². The second kappa shape index (κ2) is 4.93. The van der Waals surface area contributed by atoms with E-state index in [2.05, 4.69) is 59.3 Å². The Balaban J connectivity index is 1.59. The Kier molecular flexibility index (Phi) is 2.76. The van der Waals surface area contributed by atoms with E-state index in [9.17, 15) is 0 Å². The molecule has 0 unspecified atom stereocenters. The fraction of sp³-hybridized carbons (Fsp3) is 0. The third-order valence-corrected chi connectivity index (χ3v) is 5.17. The molecule has 2 aromatic heterocycles. The number of rotatable bonds is 1. The monoisotopic (exact) mass is 315 g/mol. The fourth-order valence-corrected chi connectivity index (χ4v) is 3.91. The number of nitrogens with zero attached hydrogens (tertiary/aromatic N) is 1. The SMILES string of the molecule is c1ccc2c(c1)Oc1ccc(-c3cc4ccccn4c3)cc1S2. The molecule has 0 N–H and O–H groups in total. The topological polar surface area (TPSA) is 13.6 Å². The summed E-state index contributed by atoms with van der Waals surface area (Å²) in [5.74, 6) is 1.87. The first-order valence-electron chi connectivity index (χ1n) is 7.53. The lowest BCUT2D eigenvalue weighted by atomic mass is 10.1. The zero-order chi connectivity index (χ0) is 15.2. The van der Waals surface area contributed by atoms with Crippen molar-refractivity contribution < 1.29 is 4.74 Å². The molecule has 5 rings (SSSR count). The Hall–Kier alpha value is -2.65. The first-order chi connectivity index (χ1) is 11.4. The van der Waals surface area contributed by atoms with Gasteiger partial charge in [-0.1, -0.05) is 36.0 Å². The minimum absolute atomic E-state index is 0.932. The van der Waals surface area contributed by atoms with Crippen LogP contribution < -0.4 is 4.74 Å². The van der Waals surface area contributed by atoms with Gasteiger partial charge in [-0.05, 0) is 48.0 Å². The largest absolute Gasteiger partial charge is 0.455 e. The van der Waals surface area contributed by atoms with E-state index < -0.39 is 0 Å². The van der Waals surface area contributed by atoms with Crippen LogP contribution in [0.3, 0.4) is 0 Å². The molecule has 3 heteroatoms. The lowest BCUT2D eigenvalue weighted by Gasteiger charge is -2.19. The van der Waals surface area contributed by atoms with Gasteiger partial charge in [-0.3, -0.25) is 0 Å². The maximum absolute atomic E-state index is 6.00. The second-order valence-corrected chi connectivity index (χ2v) is 6.66. The summed E-state index contributed by atoms with van der Waals surface area (Å²) in [6, 6.07) is 23.0. The molecule has 0 saturated carbocycles. The van der Waals surface area contributed by atoms with Crippen molar-refractivity contribution in [2.45, 2.75) is 9.79 Å². The molecule has 0 atom stereocenters. The van der Waals surface area contributed by atoms with Crippen LogP contribution in [0.25, 0.3) is 16.6 Å². The van der Waals surface area contributed by atoms with Crippen LogP contribution in [-0.2, 0) is 0 Å². The van der Waals surface area contributed by atoms with E-state index in [1.807, 2.05) is 24.3 Å². The molecular weight excluding hydrogens is 302 g/mol. The highest BCUT2D eigenvalue weighted by Crippen LogP contribution is 2.47. The Morgan fingerprint density at radius 1 is 0.739 bits per heavy atom. The van der Waals surface area contributed by atoms with Crippen molar-refractivity contribution >= 4 is 17.3 Å². The molecule has 3 heterocycles. The summed E-state index contributed by atoms with van der Waals surface area (Å²) >= 11 is 1.77. The van der Waals surface area contributed by atoms with E-state index in [1.165, 1.54) is 21.5 Å². The Morgan fingerprint density at radius 3 is 2.57 bits per heavy atom. The highest BCUT2D eigenvalue weighted by Gasteiger charge is 2.18. The van der Waals surface area contributed by atoms with Crippen LogP contribution in [0.15, 0.2) is 88.9 Å². The molecule has 0 aliphatic carbocycles. The molecule has 110 valence electrons. The average Bonchev–Trinajstić information content (AvgIpc) is 3.03. The lowest BCUT2D eigenvalue weighted by Crippen LogP contribution is -1.94. The minimum atomic E-state index is 0.932. The highest BCUT2D eigenvalue weighted by molar-refractivity contribution is 7.99. The van der Waals surface area contributed by atoms with Gasteiger partial charge < -0.3 is 9.14 Å². The van der Waals surface area contributed by atoms with Crippen molar-refractivity contribution in [3.05, 3.63) is 79.1 Å². The predicted molar refractivity (Wildman–Crippen MR) is 93.5 cm³/mol. The number of fused-ring (bicyclic) bond motifs is 3. The van der Waals surface area contributed by atoms with E-state index >= 15 is 0 Å². The molecule has 23 heavy (non-hydrogen) atoms. The Labute approximate surface area is 138 Å². The van der Waals surface area contributed by atoms with E-state index in [0.29, 0.717) is 0 Å². The van der Waals surface area contributed by atoms with Crippen LogP contribution in [-0.4, -0.2) is 4.40 Å². The van der Waals surface area contributed by atoms with Gasteiger partial charge in [0.1, 0.15) is 11.5 Å². The van der Waals surface area contributed by atoms with Gasteiger partial charge in [-0.15, -0.1) is 0 Å². The number of para-hydroxylation sites is 1. The van der Waals surface area contributed by atoms with Crippen molar-refractivity contribution in [1.82, 2.24) is 4.40 Å². The molecule has 2 nitrogen and oxygen atoms in total. The Bertz CT molecular complexity index is 1000. The molecule has 0 spiro atoms. The van der Waals surface area contributed by atoms with Gasteiger partial charge in [0.15, 0.2) is 0 Å². The number of benzene rings is 2. The van der Waals surface area contributed by atoms with Crippen molar-refractivity contribution in [3.8, 4) is 22.6 Å². The average molecular weight is 315 g/mol. The predicted octanol–water partition coefficient (Wildman–Crippen LogP) is 5.86. The third-order valence-electron chi connectivity index (χ3n) is 4.07. The summed E-state index contributed by atoms with van der Waals surface area (Å²) < 4.78 is 8.15. The molecular formula is C20H13NOS. The number of ether oxygens (including phenoxy) is 1. The van der Waals surface area contributed by atoms with E-state index in [4.69, 9.17) is 4.74 Å². The van der Waals surface area contributed by atoms with Crippen LogP contribution in [0.2, 0.25) is 0 Å². The molecule has 1 aliphatic heterocycles. The summed E-state index contributed by atoms with van der Waals surface area (Å²) in [5, 5.41) is 0. The summed E-state index contributed by atoms with van der Waals surface area (Å²) in [4.78, 5) is 2.33. The van der Waals surface area contributed by atoms with Crippen LogP contribution in [0.5, 0.6) is 11.5 Å².